The Kier molecular flexibility index (Phi) is 7.97. The predicted molar refractivity (Wildman–Crippen MR) is 123 cm³/mol. The number of rotatable bonds is 10. The van der Waals surface area contributed by atoms with E-state index in [1.54, 1.807) is 0 Å². The van der Waals surface area contributed by atoms with Crippen molar-refractivity contribution in [2.24, 2.45) is 0 Å². The maximum Gasteiger partial charge on any atom is 0.361 e. The molecule has 0 saturated heterocycles. The normalized spacial score (nSPS) is 14.5. The summed E-state index contributed by atoms with van der Waals surface area (Å²) in [6.07, 6.45) is -1.76. The molecule has 2 atom stereocenters. The molecule has 7 heteroatoms. The second-order valence-corrected chi connectivity index (χ2v) is 7.27. The average Bonchev–Trinajstić information content (AvgIpc) is 2.90. The fourth-order valence-corrected chi connectivity index (χ4v) is 4.27. The number of methoxy groups -OCH3 is 3. The highest BCUT2D eigenvalue weighted by atomic mass is 16.7. The average molecular weight is 452 g/mol. The summed E-state index contributed by atoms with van der Waals surface area (Å²) in [5.41, 5.74) is -1.17. The van der Waals surface area contributed by atoms with Crippen LogP contribution < -0.4 is 0 Å². The van der Waals surface area contributed by atoms with Gasteiger partial charge in [-0.05, 0) is 16.7 Å². The molecule has 0 fully saturated rings. The van der Waals surface area contributed by atoms with Crippen molar-refractivity contribution in [3.05, 3.63) is 108 Å². The summed E-state index contributed by atoms with van der Waals surface area (Å²) in [4.78, 5) is 19.2. The van der Waals surface area contributed by atoms with Gasteiger partial charge in [0, 0.05) is 14.2 Å². The standard InChI is InChI=1S/C26H29NO6/c1-30-23(28)26(32-3,24(29)31-2)27(33-4)25(20-14-8-5-9-15-20,21-16-10-6-11-17-21)22-18-12-7-13-19-22/h5-19,23,28H,1-4H3/t23?,26-/m1/s1. The number of nitrogens with zero attached hydrogens (tertiary/aromatic N) is 1. The lowest BCUT2D eigenvalue weighted by atomic mass is 9.75. The number of hydroxylamine groups is 2. The molecule has 0 amide bonds. The minimum absolute atomic E-state index is 0.762. The Labute approximate surface area is 194 Å². The van der Waals surface area contributed by atoms with Gasteiger partial charge in [0.05, 0.1) is 14.2 Å². The summed E-state index contributed by atoms with van der Waals surface area (Å²) in [5, 5.41) is 12.3. The number of aliphatic hydroxyl groups excluding tert-OH is 1. The molecule has 174 valence electrons. The number of carbonyl (C=O) groups is 1. The molecule has 0 aliphatic rings. The van der Waals surface area contributed by atoms with Crippen LogP contribution in [-0.2, 0) is 29.4 Å². The molecule has 0 aromatic heterocycles. The third kappa shape index (κ3) is 4.06. The Hall–Kier alpha value is -3.07. The van der Waals surface area contributed by atoms with E-state index >= 15 is 0 Å². The minimum Gasteiger partial charge on any atom is -0.466 e. The Morgan fingerprint density at radius 2 is 1.15 bits per heavy atom. The summed E-state index contributed by atoms with van der Waals surface area (Å²) in [7, 11) is 5.17. The molecule has 3 aromatic rings. The van der Waals surface area contributed by atoms with Crippen molar-refractivity contribution in [3.63, 3.8) is 0 Å². The largest absolute Gasteiger partial charge is 0.466 e. The summed E-state index contributed by atoms with van der Waals surface area (Å²) < 4.78 is 16.0. The Morgan fingerprint density at radius 1 is 0.758 bits per heavy atom. The SMILES string of the molecule is COC(=O)[C@](OC)(C(O)OC)N(OC)C(c1ccccc1)(c1ccccc1)c1ccccc1. The van der Waals surface area contributed by atoms with E-state index in [0.29, 0.717) is 0 Å². The summed E-state index contributed by atoms with van der Waals surface area (Å²) in [6, 6.07) is 28.6. The first-order valence-electron chi connectivity index (χ1n) is 10.4. The van der Waals surface area contributed by atoms with E-state index in [-0.39, 0.29) is 0 Å². The van der Waals surface area contributed by atoms with Gasteiger partial charge in [-0.1, -0.05) is 91.0 Å². The molecule has 0 aliphatic carbocycles. The molecule has 0 aliphatic heterocycles. The van der Waals surface area contributed by atoms with Crippen molar-refractivity contribution in [1.82, 2.24) is 5.06 Å². The zero-order valence-corrected chi connectivity index (χ0v) is 19.2. The molecule has 0 radical (unpaired) electrons. The minimum atomic E-state index is -2.19. The molecule has 3 rings (SSSR count). The van der Waals surface area contributed by atoms with Crippen LogP contribution in [0.5, 0.6) is 0 Å². The first-order chi connectivity index (χ1) is 16.0. The van der Waals surface area contributed by atoms with Gasteiger partial charge in [0.25, 0.3) is 5.72 Å². The van der Waals surface area contributed by atoms with Crippen molar-refractivity contribution in [2.75, 3.05) is 28.4 Å². The van der Waals surface area contributed by atoms with Crippen LogP contribution in [-0.4, -0.2) is 56.6 Å². The lowest BCUT2D eigenvalue weighted by molar-refractivity contribution is -0.369. The van der Waals surface area contributed by atoms with Gasteiger partial charge in [0.15, 0.2) is 0 Å². The zero-order chi connectivity index (χ0) is 23.9. The van der Waals surface area contributed by atoms with E-state index in [9.17, 15) is 9.90 Å². The van der Waals surface area contributed by atoms with Crippen LogP contribution in [0.15, 0.2) is 91.0 Å². The number of ether oxygens (including phenoxy) is 3. The maximum atomic E-state index is 13.3. The van der Waals surface area contributed by atoms with Crippen LogP contribution in [0.25, 0.3) is 0 Å². The van der Waals surface area contributed by atoms with Crippen molar-refractivity contribution in [2.45, 2.75) is 17.6 Å². The molecule has 0 saturated carbocycles. The number of carbonyl (C=O) groups excluding carboxylic acids is 1. The molecule has 33 heavy (non-hydrogen) atoms. The van der Waals surface area contributed by atoms with Gasteiger partial charge in [-0.25, -0.2) is 4.79 Å². The van der Waals surface area contributed by atoms with Gasteiger partial charge in [-0.2, -0.15) is 0 Å². The predicted octanol–water partition coefficient (Wildman–Crippen LogP) is 3.32. The highest BCUT2D eigenvalue weighted by Gasteiger charge is 2.62. The van der Waals surface area contributed by atoms with E-state index in [0.717, 1.165) is 16.7 Å². The number of aliphatic hydroxyl groups is 1. The molecule has 1 N–H and O–H groups in total. The van der Waals surface area contributed by atoms with Crippen LogP contribution in [0.2, 0.25) is 0 Å². The fourth-order valence-electron chi connectivity index (χ4n) is 4.27. The van der Waals surface area contributed by atoms with Gasteiger partial charge in [-0.15, -0.1) is 5.06 Å². The third-order valence-electron chi connectivity index (χ3n) is 5.71. The molecular weight excluding hydrogens is 422 g/mol. The molecule has 1 unspecified atom stereocenters. The first-order valence-corrected chi connectivity index (χ1v) is 10.4. The fraction of sp³-hybridized carbons (Fsp3) is 0.269. The van der Waals surface area contributed by atoms with E-state index in [2.05, 4.69) is 0 Å². The second kappa shape index (κ2) is 10.7. The summed E-state index contributed by atoms with van der Waals surface area (Å²) in [6.45, 7) is 0. The van der Waals surface area contributed by atoms with Gasteiger partial charge >= 0.3 is 5.97 Å². The highest BCUT2D eigenvalue weighted by Crippen LogP contribution is 2.47. The Morgan fingerprint density at radius 3 is 1.42 bits per heavy atom. The topological polar surface area (TPSA) is 77.5 Å². The van der Waals surface area contributed by atoms with Gasteiger partial charge in [0.1, 0.15) is 5.54 Å². The van der Waals surface area contributed by atoms with Crippen molar-refractivity contribution in [3.8, 4) is 0 Å². The molecule has 7 nitrogen and oxygen atoms in total. The van der Waals surface area contributed by atoms with Crippen LogP contribution in [0.4, 0.5) is 0 Å². The van der Waals surface area contributed by atoms with E-state index < -0.39 is 23.5 Å². The summed E-state index contributed by atoms with van der Waals surface area (Å²) in [5.74, 6) is -0.895. The van der Waals surface area contributed by atoms with Gasteiger partial charge in [0.2, 0.25) is 6.29 Å². The highest BCUT2D eigenvalue weighted by molar-refractivity contribution is 5.80. The molecule has 0 heterocycles. The zero-order valence-electron chi connectivity index (χ0n) is 19.2. The van der Waals surface area contributed by atoms with E-state index in [1.807, 2.05) is 91.0 Å². The van der Waals surface area contributed by atoms with Crippen molar-refractivity contribution < 1.29 is 28.9 Å². The number of esters is 1. The monoisotopic (exact) mass is 451 g/mol. The maximum absolute atomic E-state index is 13.3. The number of benzene rings is 3. The number of hydrogen-bond acceptors (Lipinski definition) is 7. The molecule has 0 spiro atoms. The van der Waals surface area contributed by atoms with E-state index in [4.69, 9.17) is 19.0 Å². The molecule has 3 aromatic carbocycles. The first kappa shape index (κ1) is 24.6. The number of hydrogen-bond donors (Lipinski definition) is 1. The quantitative estimate of drug-likeness (QED) is 0.219. The third-order valence-corrected chi connectivity index (χ3v) is 5.71. The lowest BCUT2D eigenvalue weighted by Crippen LogP contribution is -2.69. The van der Waals surface area contributed by atoms with E-state index in [1.165, 1.54) is 33.5 Å². The summed E-state index contributed by atoms with van der Waals surface area (Å²) >= 11 is 0. The molecular formula is C26H29NO6. The smallest absolute Gasteiger partial charge is 0.361 e. The Bertz CT molecular complexity index is 918. The van der Waals surface area contributed by atoms with Gasteiger partial charge < -0.3 is 19.3 Å². The van der Waals surface area contributed by atoms with Crippen LogP contribution in [0.1, 0.15) is 16.7 Å². The van der Waals surface area contributed by atoms with Crippen LogP contribution in [0.3, 0.4) is 0 Å². The lowest BCUT2D eigenvalue weighted by Gasteiger charge is -2.51. The van der Waals surface area contributed by atoms with Gasteiger partial charge in [-0.3, -0.25) is 4.84 Å². The van der Waals surface area contributed by atoms with Crippen LogP contribution >= 0.6 is 0 Å². The molecule has 0 bridgehead atoms. The Balaban J connectivity index is 2.52. The van der Waals surface area contributed by atoms with Crippen molar-refractivity contribution in [1.29, 1.82) is 0 Å². The van der Waals surface area contributed by atoms with Crippen LogP contribution in [0, 0.1) is 0 Å². The second-order valence-electron chi connectivity index (χ2n) is 7.27. The van der Waals surface area contributed by atoms with Crippen molar-refractivity contribution >= 4 is 5.97 Å².